The van der Waals surface area contributed by atoms with Crippen molar-refractivity contribution in [2.45, 2.75) is 98.4 Å². The molecule has 0 aromatic carbocycles. The van der Waals surface area contributed by atoms with E-state index in [-0.39, 0.29) is 5.54 Å². The monoisotopic (exact) mass is 458 g/mol. The zero-order valence-electron chi connectivity index (χ0n) is 22.0. The van der Waals surface area contributed by atoms with Crippen molar-refractivity contribution < 1.29 is 4.74 Å². The molecule has 2 rings (SSSR count). The highest BCUT2D eigenvalue weighted by molar-refractivity contribution is 5.28. The fraction of sp³-hybridized carbons (Fsp3) is 0.769. The van der Waals surface area contributed by atoms with Gasteiger partial charge in [0.2, 0.25) is 5.95 Å². The summed E-state index contributed by atoms with van der Waals surface area (Å²) in [6, 6.07) is 2.20. The minimum absolute atomic E-state index is 0.0893. The highest BCUT2D eigenvalue weighted by Gasteiger charge is 2.21. The van der Waals surface area contributed by atoms with E-state index in [0.29, 0.717) is 18.4 Å². The third-order valence-corrected chi connectivity index (χ3v) is 6.01. The third kappa shape index (κ3) is 10.2. The van der Waals surface area contributed by atoms with Gasteiger partial charge in [-0.1, -0.05) is 32.9 Å². The van der Waals surface area contributed by atoms with Gasteiger partial charge in [0.15, 0.2) is 0 Å². The van der Waals surface area contributed by atoms with E-state index in [1.165, 1.54) is 0 Å². The smallest absolute Gasteiger partial charge is 0.223 e. The van der Waals surface area contributed by atoms with Crippen LogP contribution in [0.4, 0.5) is 5.95 Å². The molecule has 0 saturated heterocycles. The molecule has 2 aromatic heterocycles. The zero-order valence-corrected chi connectivity index (χ0v) is 22.0. The Hall–Kier alpha value is -2.02. The number of rotatable bonds is 16. The van der Waals surface area contributed by atoms with E-state index in [4.69, 9.17) is 14.7 Å². The summed E-state index contributed by atoms with van der Waals surface area (Å²) in [6.07, 6.45) is 10.3. The first-order valence-electron chi connectivity index (χ1n) is 12.7. The fourth-order valence-corrected chi connectivity index (χ4v) is 3.57. The molecular weight excluding hydrogens is 412 g/mol. The average Bonchev–Trinajstić information content (AvgIpc) is 3.24. The van der Waals surface area contributed by atoms with Crippen LogP contribution in [0.25, 0.3) is 0 Å². The van der Waals surface area contributed by atoms with Crippen LogP contribution in [0.2, 0.25) is 0 Å². The van der Waals surface area contributed by atoms with Crippen LogP contribution in [0, 0.1) is 11.8 Å². The maximum Gasteiger partial charge on any atom is 0.223 e. The number of nitrogens with one attached hydrogen (secondary N) is 1. The van der Waals surface area contributed by atoms with E-state index in [9.17, 15) is 0 Å². The molecule has 2 aromatic rings. The molecule has 7 nitrogen and oxygen atoms in total. The quantitative estimate of drug-likeness (QED) is 0.337. The summed E-state index contributed by atoms with van der Waals surface area (Å²) in [6.45, 7) is 15.0. The Labute approximate surface area is 201 Å². The van der Waals surface area contributed by atoms with Crippen LogP contribution in [0.3, 0.4) is 0 Å². The maximum atomic E-state index is 5.22. The minimum atomic E-state index is -0.0893. The number of unbranched alkanes of at least 4 members (excludes halogenated alkanes) is 1. The maximum absolute atomic E-state index is 5.22. The number of hydrogen-bond donors (Lipinski definition) is 1. The lowest BCUT2D eigenvalue weighted by atomic mass is 10.0. The van der Waals surface area contributed by atoms with E-state index in [2.05, 4.69) is 69.4 Å². The molecule has 0 radical (unpaired) electrons. The van der Waals surface area contributed by atoms with Gasteiger partial charge >= 0.3 is 0 Å². The predicted octanol–water partition coefficient (Wildman–Crippen LogP) is 5.45. The second-order valence-corrected chi connectivity index (χ2v) is 10.6. The van der Waals surface area contributed by atoms with Gasteiger partial charge < -0.3 is 10.1 Å². The Kier molecular flexibility index (Phi) is 11.2. The molecule has 0 fully saturated rings. The van der Waals surface area contributed by atoms with Crippen LogP contribution in [0.1, 0.15) is 90.7 Å². The van der Waals surface area contributed by atoms with Gasteiger partial charge in [0.05, 0.1) is 11.2 Å². The Bertz CT molecular complexity index is 785. The van der Waals surface area contributed by atoms with Crippen LogP contribution >= 0.6 is 0 Å². The predicted molar refractivity (Wildman–Crippen MR) is 136 cm³/mol. The molecule has 33 heavy (non-hydrogen) atoms. The summed E-state index contributed by atoms with van der Waals surface area (Å²) in [5.74, 6) is 2.14. The average molecular weight is 459 g/mol. The molecule has 0 aliphatic heterocycles. The summed E-state index contributed by atoms with van der Waals surface area (Å²) in [5.41, 5.74) is 3.28. The van der Waals surface area contributed by atoms with Crippen molar-refractivity contribution >= 4 is 5.95 Å². The van der Waals surface area contributed by atoms with Gasteiger partial charge in [-0.05, 0) is 83.1 Å². The lowest BCUT2D eigenvalue weighted by Crippen LogP contribution is -2.28. The van der Waals surface area contributed by atoms with Crippen molar-refractivity contribution in [3.05, 3.63) is 29.3 Å². The number of ether oxygens (including phenoxy) is 1. The normalized spacial score (nSPS) is 12.2. The number of aromatic nitrogens is 5. The number of aryl methyl sites for hydroxylation is 3. The summed E-state index contributed by atoms with van der Waals surface area (Å²) >= 11 is 0. The Morgan fingerprint density at radius 2 is 1.58 bits per heavy atom. The lowest BCUT2D eigenvalue weighted by Gasteiger charge is -2.23. The zero-order chi connectivity index (χ0) is 24.3. The van der Waals surface area contributed by atoms with Crippen molar-refractivity contribution in [1.29, 1.82) is 0 Å². The topological polar surface area (TPSA) is 77.8 Å². The number of nitrogens with zero attached hydrogens (tertiary/aromatic N) is 5. The molecule has 0 aliphatic rings. The van der Waals surface area contributed by atoms with Crippen LogP contribution < -0.4 is 5.32 Å². The molecule has 1 N–H and O–H groups in total. The molecule has 0 atom stereocenters. The Balaban J connectivity index is 1.84. The van der Waals surface area contributed by atoms with Crippen molar-refractivity contribution in [3.63, 3.8) is 0 Å². The minimum Gasteiger partial charge on any atom is -0.385 e. The highest BCUT2D eigenvalue weighted by Crippen LogP contribution is 2.19. The number of methoxy groups -OCH3 is 1. The second-order valence-electron chi connectivity index (χ2n) is 10.6. The molecule has 0 saturated carbocycles. The largest absolute Gasteiger partial charge is 0.385 e. The van der Waals surface area contributed by atoms with Crippen LogP contribution in [-0.2, 0) is 29.5 Å². The van der Waals surface area contributed by atoms with E-state index < -0.39 is 0 Å². The Morgan fingerprint density at radius 3 is 2.15 bits per heavy atom. The van der Waals surface area contributed by atoms with Crippen molar-refractivity contribution in [2.24, 2.45) is 11.8 Å². The highest BCUT2D eigenvalue weighted by atomic mass is 16.5. The fourth-order valence-electron chi connectivity index (χ4n) is 3.57. The number of anilines is 1. The van der Waals surface area contributed by atoms with Gasteiger partial charge in [0.25, 0.3) is 0 Å². The van der Waals surface area contributed by atoms with Gasteiger partial charge in [-0.2, -0.15) is 0 Å². The van der Waals surface area contributed by atoms with Gasteiger partial charge in [-0.15, -0.1) is 5.10 Å². The summed E-state index contributed by atoms with van der Waals surface area (Å²) < 4.78 is 7.19. The molecule has 2 heterocycles. The van der Waals surface area contributed by atoms with Gasteiger partial charge in [0, 0.05) is 37.8 Å². The third-order valence-electron chi connectivity index (χ3n) is 6.01. The second kappa shape index (κ2) is 13.6. The van der Waals surface area contributed by atoms with E-state index >= 15 is 0 Å². The summed E-state index contributed by atoms with van der Waals surface area (Å²) in [4.78, 5) is 9.57. The summed E-state index contributed by atoms with van der Waals surface area (Å²) in [7, 11) is 1.73. The molecule has 0 spiro atoms. The van der Waals surface area contributed by atoms with Gasteiger partial charge in [-0.25, -0.2) is 14.6 Å². The Morgan fingerprint density at radius 1 is 0.939 bits per heavy atom. The van der Waals surface area contributed by atoms with Crippen molar-refractivity contribution in [3.8, 4) is 0 Å². The molecule has 186 valence electrons. The number of hydrogen-bond acceptors (Lipinski definition) is 6. The van der Waals surface area contributed by atoms with Crippen LogP contribution in [0.5, 0.6) is 0 Å². The lowest BCUT2D eigenvalue weighted by molar-refractivity contribution is 0.147. The molecule has 7 heteroatoms. The molecule has 0 unspecified atom stereocenters. The first-order valence-corrected chi connectivity index (χ1v) is 12.7. The van der Waals surface area contributed by atoms with E-state index in [1.54, 1.807) is 7.11 Å². The van der Waals surface area contributed by atoms with Crippen LogP contribution in [-0.4, -0.2) is 45.2 Å². The van der Waals surface area contributed by atoms with E-state index in [1.807, 2.05) is 4.68 Å². The SMILES string of the molecule is COCCC(C)(C)n1cc(CCCCNc2nc(CCC(C)C)cc(CCC(C)C)n2)nn1. The molecule has 0 amide bonds. The van der Waals surface area contributed by atoms with Gasteiger partial charge in [-0.3, -0.25) is 0 Å². The molecular formula is C26H46N6O. The standard InChI is InChI=1S/C26H46N6O/c1-20(2)11-13-22-18-23(14-12-21(3)4)29-25(28-22)27-16-9-8-10-24-19-32(31-30-24)26(5,6)15-17-33-7/h18-21H,8-17H2,1-7H3,(H,27,28,29). The van der Waals surface area contributed by atoms with Gasteiger partial charge in [0.1, 0.15) is 0 Å². The van der Waals surface area contributed by atoms with Crippen molar-refractivity contribution in [1.82, 2.24) is 25.0 Å². The first kappa shape index (κ1) is 27.2. The molecule has 0 bridgehead atoms. The van der Waals surface area contributed by atoms with Crippen molar-refractivity contribution in [2.75, 3.05) is 25.6 Å². The van der Waals surface area contributed by atoms with Crippen LogP contribution in [0.15, 0.2) is 12.3 Å². The van der Waals surface area contributed by atoms with E-state index in [0.717, 1.165) is 80.9 Å². The summed E-state index contributed by atoms with van der Waals surface area (Å²) in [5, 5.41) is 12.2. The first-order chi connectivity index (χ1) is 15.7. The molecule has 0 aliphatic carbocycles.